The Morgan fingerprint density at radius 2 is 0.667 bits per heavy atom. The third-order valence-electron chi connectivity index (χ3n) is 10.6. The van der Waals surface area contributed by atoms with Crippen molar-refractivity contribution in [3.63, 3.8) is 0 Å². The molecule has 0 aromatic heterocycles. The molecule has 0 aliphatic heterocycles. The van der Waals surface area contributed by atoms with E-state index in [1.165, 1.54) is 193 Å². The molecule has 0 rings (SSSR count). The van der Waals surface area contributed by atoms with E-state index in [1.54, 1.807) is 0 Å². The average molecular weight is 677 g/mol. The molecule has 0 heterocycles. The molecule has 48 heavy (non-hydrogen) atoms. The molecular formula is C44H84O4. The maximum absolute atomic E-state index is 10.7. The van der Waals surface area contributed by atoms with Gasteiger partial charge >= 0.3 is 11.9 Å². The molecule has 4 nitrogen and oxygen atoms in total. The van der Waals surface area contributed by atoms with E-state index in [1.807, 2.05) is 0 Å². The van der Waals surface area contributed by atoms with Gasteiger partial charge in [0.05, 0.1) is 0 Å². The van der Waals surface area contributed by atoms with Crippen molar-refractivity contribution in [1.29, 1.82) is 0 Å². The van der Waals surface area contributed by atoms with Gasteiger partial charge in [0.1, 0.15) is 0 Å². The average Bonchev–Trinajstić information content (AvgIpc) is 3.06. The van der Waals surface area contributed by atoms with Gasteiger partial charge in [-0.15, -0.1) is 0 Å². The summed E-state index contributed by atoms with van der Waals surface area (Å²) in [4.78, 5) is 21.3. The number of aliphatic carboxylic acids is 2. The standard InChI is InChI=1S/C44H84O4/c1-3-5-7-9-18-24-30-36-42(38-32-26-20-15-13-17-22-28-34-40-44(47)48)41(35-29-23-10-8-6-4-2)37-31-25-19-14-11-12-16-21-27-33-39-43(45)46/h18,24,41-42H,3-17,19-23,25-40H2,1-2H3,(H,45,46)(H,47,48). The van der Waals surface area contributed by atoms with Crippen molar-refractivity contribution in [3.05, 3.63) is 12.2 Å². The maximum atomic E-state index is 10.7. The molecule has 0 bridgehead atoms. The molecule has 2 unspecified atom stereocenters. The van der Waals surface area contributed by atoms with Crippen LogP contribution in [0.2, 0.25) is 0 Å². The highest BCUT2D eigenvalue weighted by Crippen LogP contribution is 2.33. The number of hydrogen-bond acceptors (Lipinski definition) is 2. The second-order valence-electron chi connectivity index (χ2n) is 15.2. The Balaban J connectivity index is 4.70. The second kappa shape index (κ2) is 38.5. The zero-order valence-corrected chi connectivity index (χ0v) is 32.5. The van der Waals surface area contributed by atoms with Crippen LogP contribution in [0.4, 0.5) is 0 Å². The largest absolute Gasteiger partial charge is 0.481 e. The van der Waals surface area contributed by atoms with Gasteiger partial charge < -0.3 is 10.2 Å². The van der Waals surface area contributed by atoms with Crippen LogP contribution in [0.25, 0.3) is 0 Å². The first-order valence-electron chi connectivity index (χ1n) is 21.6. The summed E-state index contributed by atoms with van der Waals surface area (Å²) in [6.45, 7) is 4.61. The number of hydrogen-bond donors (Lipinski definition) is 2. The molecule has 0 fully saturated rings. The van der Waals surface area contributed by atoms with E-state index in [-0.39, 0.29) is 0 Å². The van der Waals surface area contributed by atoms with Crippen molar-refractivity contribution < 1.29 is 19.8 Å². The Labute approximate surface area is 300 Å². The number of unbranched alkanes of at least 4 members (excludes halogenated alkanes) is 25. The minimum absolute atomic E-state index is 0.329. The summed E-state index contributed by atoms with van der Waals surface area (Å²) in [7, 11) is 0. The third kappa shape index (κ3) is 36.0. The molecule has 0 saturated carbocycles. The lowest BCUT2D eigenvalue weighted by atomic mass is 9.78. The SMILES string of the molecule is CCCCCC=CCCC(CCCCCCCCCCCC(=O)O)C(CCCCCCCC)CCCCCCCCCCCCC(=O)O. The summed E-state index contributed by atoms with van der Waals surface area (Å²) in [6, 6.07) is 0. The first kappa shape index (κ1) is 46.7. The predicted octanol–water partition coefficient (Wildman–Crippen LogP) is 15.0. The van der Waals surface area contributed by atoms with Crippen molar-refractivity contribution >= 4 is 11.9 Å². The molecule has 0 spiro atoms. The molecule has 0 aromatic carbocycles. The topological polar surface area (TPSA) is 74.6 Å². The zero-order valence-electron chi connectivity index (χ0n) is 32.5. The van der Waals surface area contributed by atoms with Crippen LogP contribution in [0.15, 0.2) is 12.2 Å². The van der Waals surface area contributed by atoms with Crippen LogP contribution >= 0.6 is 0 Å². The Kier molecular flexibility index (Phi) is 37.4. The van der Waals surface area contributed by atoms with E-state index in [0.29, 0.717) is 12.8 Å². The van der Waals surface area contributed by atoms with Gasteiger partial charge in [-0.1, -0.05) is 206 Å². The summed E-state index contributed by atoms with van der Waals surface area (Å²) in [5.41, 5.74) is 0. The second-order valence-corrected chi connectivity index (χ2v) is 15.2. The van der Waals surface area contributed by atoms with Crippen molar-refractivity contribution in [2.45, 2.75) is 245 Å². The molecule has 2 N–H and O–H groups in total. The summed E-state index contributed by atoms with van der Waals surface area (Å²) in [5, 5.41) is 17.6. The van der Waals surface area contributed by atoms with E-state index in [4.69, 9.17) is 10.2 Å². The van der Waals surface area contributed by atoms with Crippen molar-refractivity contribution in [3.8, 4) is 0 Å². The monoisotopic (exact) mass is 677 g/mol. The normalized spacial score (nSPS) is 13.0. The minimum Gasteiger partial charge on any atom is -0.481 e. The van der Waals surface area contributed by atoms with Crippen molar-refractivity contribution in [2.75, 3.05) is 0 Å². The number of rotatable bonds is 40. The van der Waals surface area contributed by atoms with Gasteiger partial charge in [0.25, 0.3) is 0 Å². The van der Waals surface area contributed by atoms with Gasteiger partial charge in [-0.25, -0.2) is 0 Å². The molecule has 284 valence electrons. The molecule has 0 aliphatic carbocycles. The highest BCUT2D eigenvalue weighted by molar-refractivity contribution is 5.66. The van der Waals surface area contributed by atoms with Crippen LogP contribution in [-0.2, 0) is 9.59 Å². The number of carboxylic acids is 2. The molecule has 0 saturated heterocycles. The van der Waals surface area contributed by atoms with Crippen LogP contribution in [0, 0.1) is 11.8 Å². The number of carboxylic acid groups (broad SMARTS) is 2. The Morgan fingerprint density at radius 1 is 0.375 bits per heavy atom. The lowest BCUT2D eigenvalue weighted by Gasteiger charge is -2.28. The molecular weight excluding hydrogens is 592 g/mol. The van der Waals surface area contributed by atoms with E-state index in [2.05, 4.69) is 26.0 Å². The van der Waals surface area contributed by atoms with Gasteiger partial charge in [-0.2, -0.15) is 0 Å². The maximum Gasteiger partial charge on any atom is 0.303 e. The molecule has 0 aromatic rings. The summed E-state index contributed by atoms with van der Waals surface area (Å²) < 4.78 is 0. The smallest absolute Gasteiger partial charge is 0.303 e. The highest BCUT2D eigenvalue weighted by Gasteiger charge is 2.20. The Morgan fingerprint density at radius 3 is 1.04 bits per heavy atom. The van der Waals surface area contributed by atoms with Gasteiger partial charge in [-0.3, -0.25) is 9.59 Å². The summed E-state index contributed by atoms with van der Waals surface area (Å²) >= 11 is 0. The van der Waals surface area contributed by atoms with Crippen LogP contribution in [0.3, 0.4) is 0 Å². The van der Waals surface area contributed by atoms with E-state index in [0.717, 1.165) is 37.5 Å². The molecule has 0 aliphatic rings. The lowest BCUT2D eigenvalue weighted by Crippen LogP contribution is -2.16. The van der Waals surface area contributed by atoms with Crippen LogP contribution < -0.4 is 0 Å². The van der Waals surface area contributed by atoms with Crippen LogP contribution in [0.5, 0.6) is 0 Å². The fourth-order valence-electron chi connectivity index (χ4n) is 7.49. The van der Waals surface area contributed by atoms with E-state index >= 15 is 0 Å². The van der Waals surface area contributed by atoms with E-state index in [9.17, 15) is 9.59 Å². The quantitative estimate of drug-likeness (QED) is 0.0500. The van der Waals surface area contributed by atoms with Crippen LogP contribution in [0.1, 0.15) is 245 Å². The molecule has 0 amide bonds. The molecule has 2 atom stereocenters. The minimum atomic E-state index is -0.656. The first-order valence-corrected chi connectivity index (χ1v) is 21.6. The molecule has 0 radical (unpaired) electrons. The summed E-state index contributed by atoms with van der Waals surface area (Å²) in [5.74, 6) is 0.477. The van der Waals surface area contributed by atoms with Crippen molar-refractivity contribution in [1.82, 2.24) is 0 Å². The summed E-state index contributed by atoms with van der Waals surface area (Å²) in [6.07, 6.45) is 50.0. The molecule has 4 heteroatoms. The zero-order chi connectivity index (χ0) is 35.2. The van der Waals surface area contributed by atoms with Gasteiger partial charge in [0.2, 0.25) is 0 Å². The van der Waals surface area contributed by atoms with Gasteiger partial charge in [0.15, 0.2) is 0 Å². The van der Waals surface area contributed by atoms with Crippen molar-refractivity contribution in [2.24, 2.45) is 11.8 Å². The predicted molar refractivity (Wildman–Crippen MR) is 209 cm³/mol. The third-order valence-corrected chi connectivity index (χ3v) is 10.6. The fourth-order valence-corrected chi connectivity index (χ4v) is 7.49. The van der Waals surface area contributed by atoms with Crippen LogP contribution in [-0.4, -0.2) is 22.2 Å². The number of allylic oxidation sites excluding steroid dienone is 2. The van der Waals surface area contributed by atoms with Gasteiger partial charge in [0, 0.05) is 12.8 Å². The first-order chi connectivity index (χ1) is 23.5. The Hall–Kier alpha value is -1.32. The highest BCUT2D eigenvalue weighted by atomic mass is 16.4. The number of carbonyl (C=O) groups is 2. The van der Waals surface area contributed by atoms with Gasteiger partial charge in [-0.05, 0) is 50.4 Å². The van der Waals surface area contributed by atoms with E-state index < -0.39 is 11.9 Å². The fraction of sp³-hybridized carbons (Fsp3) is 0.909. The Bertz CT molecular complexity index is 702. The lowest BCUT2D eigenvalue weighted by molar-refractivity contribution is -0.138.